The van der Waals surface area contributed by atoms with Crippen molar-refractivity contribution in [3.05, 3.63) is 89.5 Å². The number of hydrogen-bond acceptors (Lipinski definition) is 10. The Morgan fingerprint density at radius 3 is 2.53 bits per heavy atom. The van der Waals surface area contributed by atoms with Gasteiger partial charge in [-0.2, -0.15) is 0 Å². The Hall–Kier alpha value is -4.56. The molecule has 0 fully saturated rings. The van der Waals surface area contributed by atoms with Crippen LogP contribution in [-0.2, 0) is 17.8 Å². The number of carboxylic acids is 1. The predicted octanol–water partition coefficient (Wildman–Crippen LogP) is 0.367. The van der Waals surface area contributed by atoms with Crippen molar-refractivity contribution in [2.75, 3.05) is 18.2 Å². The standard InChI is InChI=1S/C12H11ClFN3O2.C9H7N3O5/c13-17-4-6-1-2-8(14)7(3-6)5-16-10-9(15)11(18)12(10)19;1-17-9(16)5-2-4(8(14)15)10-6-3-7(13)11-12(5)6/h1-3,16-17H,4-5,15H2;2-3H,1H3,(H,11,13)(H,14,15). The molecular formula is C21H18ClFN6O7. The molecule has 0 aliphatic heterocycles. The topological polar surface area (TPSA) is 198 Å². The number of nitrogens with zero attached hydrogens (tertiary/aromatic N) is 2. The molecule has 0 aliphatic rings. The Bertz CT molecular complexity index is 1590. The van der Waals surface area contributed by atoms with Gasteiger partial charge in [-0.3, -0.25) is 19.5 Å². The molecule has 4 rings (SSSR count). The molecule has 15 heteroatoms. The highest BCUT2D eigenvalue weighted by atomic mass is 35.5. The van der Waals surface area contributed by atoms with Gasteiger partial charge in [-0.05, 0) is 29.5 Å². The van der Waals surface area contributed by atoms with E-state index in [4.69, 9.17) is 22.6 Å². The smallest absolute Gasteiger partial charge is 0.356 e. The van der Waals surface area contributed by atoms with Gasteiger partial charge in [0.05, 0.1) is 7.11 Å². The third kappa shape index (κ3) is 5.39. The van der Waals surface area contributed by atoms with E-state index in [-0.39, 0.29) is 35.0 Å². The summed E-state index contributed by atoms with van der Waals surface area (Å²) in [6.45, 7) is 0.452. The number of aromatic amines is 1. The van der Waals surface area contributed by atoms with Gasteiger partial charge < -0.3 is 20.9 Å². The molecule has 2 heterocycles. The highest BCUT2D eigenvalue weighted by Gasteiger charge is 2.18. The van der Waals surface area contributed by atoms with E-state index < -0.39 is 34.2 Å². The molecule has 0 saturated heterocycles. The second-order valence-electron chi connectivity index (χ2n) is 7.17. The van der Waals surface area contributed by atoms with Crippen LogP contribution in [0.1, 0.15) is 32.1 Å². The Morgan fingerprint density at radius 1 is 1.19 bits per heavy atom. The molecule has 36 heavy (non-hydrogen) atoms. The van der Waals surface area contributed by atoms with Gasteiger partial charge in [0, 0.05) is 30.8 Å². The quantitative estimate of drug-likeness (QED) is 0.128. The summed E-state index contributed by atoms with van der Waals surface area (Å²) in [6.07, 6.45) is 0. The molecule has 0 aliphatic carbocycles. The summed E-state index contributed by atoms with van der Waals surface area (Å²) >= 11 is 5.38. The molecule has 2 aromatic carbocycles. The number of rotatable bonds is 7. The number of ether oxygens (including phenoxy) is 1. The molecule has 188 valence electrons. The monoisotopic (exact) mass is 520 g/mol. The number of carbonyl (C=O) groups excluding carboxylic acids is 1. The van der Waals surface area contributed by atoms with Gasteiger partial charge in [0.25, 0.3) is 16.4 Å². The summed E-state index contributed by atoms with van der Waals surface area (Å²) in [5.41, 5.74) is 4.17. The minimum atomic E-state index is -1.30. The van der Waals surface area contributed by atoms with Crippen molar-refractivity contribution in [1.82, 2.24) is 19.4 Å². The molecule has 0 amide bonds. The summed E-state index contributed by atoms with van der Waals surface area (Å²) in [4.78, 5) is 61.6. The van der Waals surface area contributed by atoms with E-state index in [0.29, 0.717) is 12.1 Å². The number of esters is 1. The van der Waals surface area contributed by atoms with Crippen molar-refractivity contribution in [2.24, 2.45) is 0 Å². The number of aromatic carboxylic acids is 1. The zero-order valence-electron chi connectivity index (χ0n) is 18.4. The van der Waals surface area contributed by atoms with E-state index in [2.05, 4.69) is 25.0 Å². The zero-order chi connectivity index (χ0) is 26.6. The fourth-order valence-electron chi connectivity index (χ4n) is 3.08. The minimum Gasteiger partial charge on any atom is -0.477 e. The first kappa shape index (κ1) is 26.1. The van der Waals surface area contributed by atoms with Crippen LogP contribution in [0.15, 0.2) is 44.7 Å². The van der Waals surface area contributed by atoms with Gasteiger partial charge in [-0.1, -0.05) is 6.07 Å². The number of carboxylic acid groups (broad SMARTS) is 1. The van der Waals surface area contributed by atoms with E-state index in [1.807, 2.05) is 0 Å². The van der Waals surface area contributed by atoms with Crippen LogP contribution in [0.2, 0.25) is 0 Å². The number of nitrogens with one attached hydrogen (secondary N) is 3. The fourth-order valence-corrected chi connectivity index (χ4v) is 3.23. The third-order valence-corrected chi connectivity index (χ3v) is 4.99. The first-order valence-electron chi connectivity index (χ1n) is 9.95. The van der Waals surface area contributed by atoms with E-state index >= 15 is 0 Å². The van der Waals surface area contributed by atoms with Crippen LogP contribution in [0, 0.1) is 5.82 Å². The number of nitrogen functional groups attached to an aromatic ring is 1. The molecule has 0 bridgehead atoms. The summed E-state index contributed by atoms with van der Waals surface area (Å²) < 4.78 is 19.1. The van der Waals surface area contributed by atoms with Crippen LogP contribution in [-0.4, -0.2) is 38.8 Å². The fraction of sp³-hybridized carbons (Fsp3) is 0.143. The largest absolute Gasteiger partial charge is 0.477 e. The summed E-state index contributed by atoms with van der Waals surface area (Å²) in [5.74, 6) is -2.49. The lowest BCUT2D eigenvalue weighted by Gasteiger charge is -2.11. The number of methoxy groups -OCH3 is 1. The van der Waals surface area contributed by atoms with Gasteiger partial charge in [0.2, 0.25) is 0 Å². The van der Waals surface area contributed by atoms with Crippen LogP contribution >= 0.6 is 11.8 Å². The second-order valence-corrected chi connectivity index (χ2v) is 7.44. The van der Waals surface area contributed by atoms with Crippen LogP contribution in [0.25, 0.3) is 5.65 Å². The molecule has 0 radical (unpaired) electrons. The average Bonchev–Trinajstić information content (AvgIpc) is 3.25. The number of hydrogen-bond donors (Lipinski definition) is 5. The van der Waals surface area contributed by atoms with E-state index in [1.54, 1.807) is 12.1 Å². The number of nitrogens with two attached hydrogens (primary N) is 1. The third-order valence-electron chi connectivity index (χ3n) is 4.86. The Labute approximate surface area is 205 Å². The van der Waals surface area contributed by atoms with Gasteiger partial charge in [0.15, 0.2) is 17.0 Å². The second kappa shape index (κ2) is 10.8. The number of halogens is 2. The van der Waals surface area contributed by atoms with Crippen LogP contribution < -0.4 is 32.3 Å². The Balaban J connectivity index is 0.000000202. The normalized spacial score (nSPS) is 10.6. The minimum absolute atomic E-state index is 0.0373. The SMILES string of the molecule is COC(=O)c1cc(C(=O)O)nc2cc(=O)[nH]n12.Nc1c(NCc2cc(CNCl)ccc2F)c(=O)c1=O. The molecule has 6 N–H and O–H groups in total. The number of H-pyrrole nitrogens is 1. The zero-order valence-corrected chi connectivity index (χ0v) is 19.2. The maximum absolute atomic E-state index is 13.6. The van der Waals surface area contributed by atoms with E-state index in [9.17, 15) is 28.4 Å². The number of aromatic nitrogens is 3. The van der Waals surface area contributed by atoms with Crippen LogP contribution in [0.3, 0.4) is 0 Å². The van der Waals surface area contributed by atoms with Crippen molar-refractivity contribution in [3.8, 4) is 0 Å². The number of benzene rings is 1. The van der Waals surface area contributed by atoms with Gasteiger partial charge in [-0.15, -0.1) is 0 Å². The van der Waals surface area contributed by atoms with Crippen molar-refractivity contribution in [2.45, 2.75) is 13.1 Å². The first-order valence-corrected chi connectivity index (χ1v) is 10.3. The number of fused-ring (bicyclic) bond motifs is 1. The molecular weight excluding hydrogens is 503 g/mol. The number of carbonyl (C=O) groups is 2. The summed E-state index contributed by atoms with van der Waals surface area (Å²) in [6, 6.07) is 6.63. The lowest BCUT2D eigenvalue weighted by atomic mass is 10.1. The van der Waals surface area contributed by atoms with Gasteiger partial charge in [0.1, 0.15) is 17.2 Å². The highest BCUT2D eigenvalue weighted by molar-refractivity contribution is 6.13. The van der Waals surface area contributed by atoms with Crippen LogP contribution in [0.4, 0.5) is 15.8 Å². The molecule has 0 saturated carbocycles. The molecule has 0 spiro atoms. The maximum Gasteiger partial charge on any atom is 0.356 e. The number of anilines is 2. The van der Waals surface area contributed by atoms with Crippen molar-refractivity contribution in [1.29, 1.82) is 0 Å². The Morgan fingerprint density at radius 2 is 1.92 bits per heavy atom. The lowest BCUT2D eigenvalue weighted by Crippen LogP contribution is -2.37. The lowest BCUT2D eigenvalue weighted by molar-refractivity contribution is 0.0590. The van der Waals surface area contributed by atoms with Crippen molar-refractivity contribution in [3.63, 3.8) is 0 Å². The highest BCUT2D eigenvalue weighted by Crippen LogP contribution is 2.15. The van der Waals surface area contributed by atoms with E-state index in [1.165, 1.54) is 6.07 Å². The molecule has 2 aromatic heterocycles. The molecule has 0 unspecified atom stereocenters. The maximum atomic E-state index is 13.6. The van der Waals surface area contributed by atoms with Crippen molar-refractivity contribution >= 4 is 40.7 Å². The average molecular weight is 521 g/mol. The summed E-state index contributed by atoms with van der Waals surface area (Å²) in [7, 11) is 1.15. The van der Waals surface area contributed by atoms with Crippen LogP contribution in [0.5, 0.6) is 0 Å². The molecule has 4 aromatic rings. The predicted molar refractivity (Wildman–Crippen MR) is 126 cm³/mol. The molecule has 13 nitrogen and oxygen atoms in total. The summed E-state index contributed by atoms with van der Waals surface area (Å²) in [5, 5.41) is 13.8. The van der Waals surface area contributed by atoms with Gasteiger partial charge in [-0.25, -0.2) is 28.3 Å². The van der Waals surface area contributed by atoms with Crippen molar-refractivity contribution < 1.29 is 23.8 Å². The van der Waals surface area contributed by atoms with Gasteiger partial charge >= 0.3 is 11.9 Å². The first-order chi connectivity index (χ1) is 17.1. The molecule has 0 atom stereocenters. The Kier molecular flexibility index (Phi) is 7.81. The van der Waals surface area contributed by atoms with E-state index in [0.717, 1.165) is 29.3 Å².